The van der Waals surface area contributed by atoms with Crippen LogP contribution in [0.15, 0.2) is 9.98 Å². The smallest absolute Gasteiger partial charge is 0.172 e. The maximum atomic E-state index is 5.51. The topological polar surface area (TPSA) is 49.2 Å². The summed E-state index contributed by atoms with van der Waals surface area (Å²) in [6.45, 7) is 5.21. The van der Waals surface area contributed by atoms with Gasteiger partial charge < -0.3 is 15.0 Å². The van der Waals surface area contributed by atoms with Crippen molar-refractivity contribution < 1.29 is 4.74 Å². The van der Waals surface area contributed by atoms with Gasteiger partial charge >= 0.3 is 0 Å². The second-order valence-corrected chi connectivity index (χ2v) is 5.52. The summed E-state index contributed by atoms with van der Waals surface area (Å²) in [4.78, 5) is 11.7. The van der Waals surface area contributed by atoms with Gasteiger partial charge in [0.1, 0.15) is 5.84 Å². The third-order valence-electron chi connectivity index (χ3n) is 3.95. The first-order valence-corrected chi connectivity index (χ1v) is 6.90. The van der Waals surface area contributed by atoms with Gasteiger partial charge in [-0.3, -0.25) is 4.99 Å². The van der Waals surface area contributed by atoms with Gasteiger partial charge in [0.25, 0.3) is 0 Å². The molecule has 5 heteroatoms. The monoisotopic (exact) mass is 250 g/mol. The second-order valence-electron chi connectivity index (χ2n) is 5.52. The van der Waals surface area contributed by atoms with E-state index in [0.29, 0.717) is 12.0 Å². The number of amidine groups is 1. The fourth-order valence-corrected chi connectivity index (χ4v) is 2.75. The molecule has 18 heavy (non-hydrogen) atoms. The van der Waals surface area contributed by atoms with Crippen LogP contribution in [0.2, 0.25) is 0 Å². The molecule has 1 N–H and O–H groups in total. The molecule has 2 aliphatic heterocycles. The van der Waals surface area contributed by atoms with Crippen molar-refractivity contribution in [1.29, 1.82) is 0 Å². The fourth-order valence-electron chi connectivity index (χ4n) is 2.75. The highest BCUT2D eigenvalue weighted by molar-refractivity contribution is 6.29. The molecule has 2 unspecified atom stereocenters. The molecule has 5 nitrogen and oxygen atoms in total. The zero-order chi connectivity index (χ0) is 12.5. The molecule has 3 rings (SSSR count). The van der Waals surface area contributed by atoms with Gasteiger partial charge in [-0.25, -0.2) is 4.99 Å². The molecule has 0 spiro atoms. The fraction of sp³-hybridized carbons (Fsp3) is 0.846. The summed E-state index contributed by atoms with van der Waals surface area (Å²) in [6.07, 6.45) is 4.42. The van der Waals surface area contributed by atoms with Crippen LogP contribution < -0.4 is 5.32 Å². The molecular weight excluding hydrogens is 228 g/mol. The van der Waals surface area contributed by atoms with E-state index in [4.69, 9.17) is 9.73 Å². The highest BCUT2D eigenvalue weighted by Gasteiger charge is 2.38. The summed E-state index contributed by atoms with van der Waals surface area (Å²) in [7, 11) is 1.74. The first-order chi connectivity index (χ1) is 8.78. The number of nitrogens with zero attached hydrogens (tertiary/aromatic N) is 3. The zero-order valence-corrected chi connectivity index (χ0v) is 11.2. The van der Waals surface area contributed by atoms with Crippen LogP contribution in [0.1, 0.15) is 19.8 Å². The maximum absolute atomic E-state index is 5.51. The number of nitrogens with one attached hydrogen (secondary N) is 1. The van der Waals surface area contributed by atoms with Crippen LogP contribution in [-0.2, 0) is 4.74 Å². The Bertz CT molecular complexity index is 364. The van der Waals surface area contributed by atoms with Gasteiger partial charge in [0.2, 0.25) is 0 Å². The standard InChI is InChI=1S/C13H22N4O/c1-9-8-17(6-5-14-9)11-7-15-12(10-3-4-10)13(16-11)18-2/h7,9-10,12-14H,3-6,8H2,1-2H3/t9-,12?,13?/m1/s1. The van der Waals surface area contributed by atoms with E-state index in [-0.39, 0.29) is 12.3 Å². The van der Waals surface area contributed by atoms with Crippen LogP contribution in [0.4, 0.5) is 0 Å². The molecule has 0 aromatic rings. The first kappa shape index (κ1) is 12.1. The Labute approximate surface area is 108 Å². The minimum Gasteiger partial charge on any atom is -0.357 e. The van der Waals surface area contributed by atoms with Crippen LogP contribution in [0.5, 0.6) is 0 Å². The first-order valence-electron chi connectivity index (χ1n) is 6.90. The molecule has 2 heterocycles. The highest BCUT2D eigenvalue weighted by atomic mass is 16.5. The van der Waals surface area contributed by atoms with E-state index < -0.39 is 0 Å². The Morgan fingerprint density at radius 2 is 2.28 bits per heavy atom. The van der Waals surface area contributed by atoms with Crippen LogP contribution in [-0.4, -0.2) is 62.0 Å². The Kier molecular flexibility index (Phi) is 3.35. The number of rotatable bonds is 2. The molecule has 0 bridgehead atoms. The van der Waals surface area contributed by atoms with Crippen LogP contribution in [0.25, 0.3) is 0 Å². The Hall–Kier alpha value is -0.940. The molecule has 2 fully saturated rings. The average molecular weight is 250 g/mol. The van der Waals surface area contributed by atoms with Gasteiger partial charge in [0.05, 0.1) is 12.3 Å². The van der Waals surface area contributed by atoms with Gasteiger partial charge in [-0.1, -0.05) is 0 Å². The maximum Gasteiger partial charge on any atom is 0.172 e. The molecule has 0 aromatic carbocycles. The van der Waals surface area contributed by atoms with Crippen molar-refractivity contribution in [1.82, 2.24) is 10.2 Å². The van der Waals surface area contributed by atoms with Crippen molar-refractivity contribution >= 4 is 12.1 Å². The molecule has 100 valence electrons. The second kappa shape index (κ2) is 4.97. The molecule has 3 aliphatic rings. The van der Waals surface area contributed by atoms with Crippen LogP contribution in [0.3, 0.4) is 0 Å². The number of piperazine rings is 1. The van der Waals surface area contributed by atoms with Crippen LogP contribution >= 0.6 is 0 Å². The van der Waals surface area contributed by atoms with Crippen molar-refractivity contribution in [3.05, 3.63) is 0 Å². The van der Waals surface area contributed by atoms with E-state index in [9.17, 15) is 0 Å². The SMILES string of the molecule is COC1N=C(N2CCN[C@H](C)C2)C=NC1C1CC1. The van der Waals surface area contributed by atoms with Crippen molar-refractivity contribution in [2.45, 2.75) is 38.1 Å². The van der Waals surface area contributed by atoms with E-state index >= 15 is 0 Å². The number of hydrogen-bond donors (Lipinski definition) is 1. The molecule has 1 saturated heterocycles. The van der Waals surface area contributed by atoms with Gasteiger partial charge in [0, 0.05) is 32.8 Å². The van der Waals surface area contributed by atoms with E-state index in [1.54, 1.807) is 7.11 Å². The largest absolute Gasteiger partial charge is 0.357 e. The number of aliphatic imine (C=N–C) groups is 2. The van der Waals surface area contributed by atoms with Crippen molar-refractivity contribution in [2.24, 2.45) is 15.9 Å². The van der Waals surface area contributed by atoms with Crippen molar-refractivity contribution in [3.63, 3.8) is 0 Å². The summed E-state index contributed by atoms with van der Waals surface area (Å²) in [6, 6.07) is 0.760. The highest BCUT2D eigenvalue weighted by Crippen LogP contribution is 2.37. The minimum atomic E-state index is -0.0808. The van der Waals surface area contributed by atoms with E-state index in [2.05, 4.69) is 22.1 Å². The molecule has 0 aromatic heterocycles. The summed E-state index contributed by atoms with van der Waals surface area (Å²) in [5, 5.41) is 3.44. The predicted octanol–water partition coefficient (Wildman–Crippen LogP) is 0.514. The van der Waals surface area contributed by atoms with E-state index in [1.165, 1.54) is 12.8 Å². The Balaban J connectivity index is 1.70. The molecule has 0 amide bonds. The van der Waals surface area contributed by atoms with Gasteiger partial charge in [-0.05, 0) is 25.7 Å². The molecular formula is C13H22N4O. The number of methoxy groups -OCH3 is 1. The van der Waals surface area contributed by atoms with Crippen LogP contribution in [0, 0.1) is 5.92 Å². The molecule has 1 aliphatic carbocycles. The van der Waals surface area contributed by atoms with Gasteiger partial charge in [-0.15, -0.1) is 0 Å². The quantitative estimate of drug-likeness (QED) is 0.777. The zero-order valence-electron chi connectivity index (χ0n) is 11.2. The lowest BCUT2D eigenvalue weighted by atomic mass is 10.1. The average Bonchev–Trinajstić information content (AvgIpc) is 3.22. The lowest BCUT2D eigenvalue weighted by Crippen LogP contribution is -2.53. The van der Waals surface area contributed by atoms with Gasteiger partial charge in [-0.2, -0.15) is 0 Å². The number of hydrogen-bond acceptors (Lipinski definition) is 5. The minimum absolute atomic E-state index is 0.0808. The Morgan fingerprint density at radius 1 is 1.44 bits per heavy atom. The van der Waals surface area contributed by atoms with Crippen molar-refractivity contribution in [3.8, 4) is 0 Å². The van der Waals surface area contributed by atoms with E-state index in [1.807, 2.05) is 6.21 Å². The van der Waals surface area contributed by atoms with E-state index in [0.717, 1.165) is 25.5 Å². The summed E-state index contributed by atoms with van der Waals surface area (Å²) in [5.74, 6) is 1.69. The lowest BCUT2D eigenvalue weighted by Gasteiger charge is -2.35. The molecule has 0 radical (unpaired) electrons. The third-order valence-corrected chi connectivity index (χ3v) is 3.95. The normalized spacial score (nSPS) is 36.7. The molecule has 3 atom stereocenters. The summed E-state index contributed by atoms with van der Waals surface area (Å²) in [5.41, 5.74) is 0. The third kappa shape index (κ3) is 2.42. The Morgan fingerprint density at radius 3 is 2.94 bits per heavy atom. The summed E-state index contributed by atoms with van der Waals surface area (Å²) < 4.78 is 5.51. The predicted molar refractivity (Wildman–Crippen MR) is 72.3 cm³/mol. The lowest BCUT2D eigenvalue weighted by molar-refractivity contribution is 0.0796. The van der Waals surface area contributed by atoms with Gasteiger partial charge in [0.15, 0.2) is 6.23 Å². The number of ether oxygens (including phenoxy) is 1. The summed E-state index contributed by atoms with van der Waals surface area (Å²) >= 11 is 0. The van der Waals surface area contributed by atoms with Crippen molar-refractivity contribution in [2.75, 3.05) is 26.7 Å². The molecule has 1 saturated carbocycles.